The molecule has 2 N–H and O–H groups in total. The van der Waals surface area contributed by atoms with Gasteiger partial charge in [0.2, 0.25) is 0 Å². The summed E-state index contributed by atoms with van der Waals surface area (Å²) in [6.45, 7) is 2.72. The lowest BCUT2D eigenvalue weighted by molar-refractivity contribution is -0.384. The minimum Gasteiger partial charge on any atom is -0.497 e. The van der Waals surface area contributed by atoms with Crippen molar-refractivity contribution in [3.05, 3.63) is 105 Å². The molecule has 0 amide bonds. The Hall–Kier alpha value is -3.22. The first kappa shape index (κ1) is 20.5. The second-order valence-corrected chi connectivity index (χ2v) is 6.94. The van der Waals surface area contributed by atoms with E-state index in [4.69, 9.17) is 10.5 Å². The van der Waals surface area contributed by atoms with Crippen LogP contribution in [0, 0.1) is 10.1 Å². The highest BCUT2D eigenvalue weighted by molar-refractivity contribution is 5.33. The van der Waals surface area contributed by atoms with Crippen LogP contribution < -0.4 is 10.5 Å². The molecule has 0 saturated carbocycles. The highest BCUT2D eigenvalue weighted by Gasteiger charge is 2.11. The molecular weight excluding hydrogens is 366 g/mol. The molecule has 3 rings (SSSR count). The number of nitrogens with zero attached hydrogens (tertiary/aromatic N) is 2. The monoisotopic (exact) mass is 391 g/mol. The number of ether oxygens (including phenoxy) is 1. The molecule has 0 unspecified atom stereocenters. The third kappa shape index (κ3) is 5.88. The van der Waals surface area contributed by atoms with Crippen LogP contribution in [0.25, 0.3) is 0 Å². The van der Waals surface area contributed by atoms with Crippen LogP contribution in [0.5, 0.6) is 5.75 Å². The molecular formula is C23H25N3O3. The zero-order valence-corrected chi connectivity index (χ0v) is 16.5. The van der Waals surface area contributed by atoms with Crippen molar-refractivity contribution in [1.82, 2.24) is 4.90 Å². The van der Waals surface area contributed by atoms with Gasteiger partial charge in [-0.3, -0.25) is 15.0 Å². The van der Waals surface area contributed by atoms with E-state index in [9.17, 15) is 10.1 Å². The van der Waals surface area contributed by atoms with Crippen LogP contribution in [-0.4, -0.2) is 16.9 Å². The van der Waals surface area contributed by atoms with E-state index in [0.717, 1.165) is 30.0 Å². The van der Waals surface area contributed by atoms with Crippen molar-refractivity contribution in [1.29, 1.82) is 0 Å². The van der Waals surface area contributed by atoms with Crippen LogP contribution >= 0.6 is 0 Å². The molecule has 0 heterocycles. The first-order chi connectivity index (χ1) is 14.1. The fraction of sp³-hybridized carbons (Fsp3) is 0.217. The molecule has 0 aromatic heterocycles. The van der Waals surface area contributed by atoms with E-state index in [1.807, 2.05) is 36.4 Å². The summed E-state index contributed by atoms with van der Waals surface area (Å²) in [6, 6.07) is 23.0. The fourth-order valence-corrected chi connectivity index (χ4v) is 3.18. The molecule has 0 saturated heterocycles. The first-order valence-corrected chi connectivity index (χ1v) is 9.44. The van der Waals surface area contributed by atoms with Gasteiger partial charge in [-0.1, -0.05) is 48.5 Å². The Balaban J connectivity index is 1.77. The molecule has 6 heteroatoms. The van der Waals surface area contributed by atoms with E-state index < -0.39 is 0 Å². The van der Waals surface area contributed by atoms with Gasteiger partial charge in [-0.2, -0.15) is 0 Å². The molecule has 6 nitrogen and oxygen atoms in total. The van der Waals surface area contributed by atoms with Crippen molar-refractivity contribution in [2.45, 2.75) is 26.2 Å². The van der Waals surface area contributed by atoms with Gasteiger partial charge in [-0.25, -0.2) is 0 Å². The van der Waals surface area contributed by atoms with Crippen LogP contribution in [0.2, 0.25) is 0 Å². The molecule has 0 aliphatic carbocycles. The maximum absolute atomic E-state index is 10.9. The summed E-state index contributed by atoms with van der Waals surface area (Å²) >= 11 is 0. The summed E-state index contributed by atoms with van der Waals surface area (Å²) in [4.78, 5) is 12.8. The Bertz CT molecular complexity index is 874. The summed E-state index contributed by atoms with van der Waals surface area (Å²) < 4.78 is 5.24. The molecule has 0 bridgehead atoms. The van der Waals surface area contributed by atoms with E-state index >= 15 is 0 Å². The van der Waals surface area contributed by atoms with Gasteiger partial charge in [0, 0.05) is 38.3 Å². The zero-order chi connectivity index (χ0) is 20.6. The lowest BCUT2D eigenvalue weighted by Gasteiger charge is -2.23. The molecule has 0 aliphatic heterocycles. The molecule has 0 aliphatic rings. The lowest BCUT2D eigenvalue weighted by Crippen LogP contribution is -2.22. The maximum Gasteiger partial charge on any atom is 0.269 e. The number of methoxy groups -OCH3 is 1. The van der Waals surface area contributed by atoms with E-state index in [0.29, 0.717) is 13.1 Å². The predicted molar refractivity (Wildman–Crippen MR) is 113 cm³/mol. The van der Waals surface area contributed by atoms with E-state index in [2.05, 4.69) is 29.2 Å². The molecule has 3 aromatic rings. The number of rotatable bonds is 9. The third-order valence-electron chi connectivity index (χ3n) is 4.78. The summed E-state index contributed by atoms with van der Waals surface area (Å²) in [5, 5.41) is 10.9. The normalized spacial score (nSPS) is 10.9. The van der Waals surface area contributed by atoms with Crippen LogP contribution in [-0.2, 0) is 26.2 Å². The Morgan fingerprint density at radius 2 is 1.21 bits per heavy atom. The number of hydrogen-bond acceptors (Lipinski definition) is 5. The molecule has 0 spiro atoms. The van der Waals surface area contributed by atoms with E-state index in [1.54, 1.807) is 19.2 Å². The number of benzene rings is 3. The largest absolute Gasteiger partial charge is 0.497 e. The topological polar surface area (TPSA) is 81.6 Å². The average Bonchev–Trinajstić information content (AvgIpc) is 2.75. The fourth-order valence-electron chi connectivity index (χ4n) is 3.18. The molecule has 150 valence electrons. The van der Waals surface area contributed by atoms with E-state index in [-0.39, 0.29) is 10.6 Å². The van der Waals surface area contributed by atoms with E-state index in [1.165, 1.54) is 11.1 Å². The minimum absolute atomic E-state index is 0.104. The standard InChI is InChI=1S/C23H25N3O3/c1-29-23-12-8-21(9-13-23)17-25(15-19-4-2-18(14-24)3-5-19)16-20-6-10-22(11-7-20)26(27)28/h2-13H,14-17,24H2,1H3. The molecule has 29 heavy (non-hydrogen) atoms. The van der Waals surface area contributed by atoms with Crippen molar-refractivity contribution in [2.24, 2.45) is 5.73 Å². The van der Waals surface area contributed by atoms with Gasteiger partial charge >= 0.3 is 0 Å². The van der Waals surface area contributed by atoms with Gasteiger partial charge < -0.3 is 10.5 Å². The summed E-state index contributed by atoms with van der Waals surface area (Å²) in [5.41, 5.74) is 10.3. The van der Waals surface area contributed by atoms with Crippen molar-refractivity contribution in [3.8, 4) is 5.75 Å². The van der Waals surface area contributed by atoms with Gasteiger partial charge in [0.15, 0.2) is 0 Å². The second kappa shape index (κ2) is 9.82. The summed E-state index contributed by atoms with van der Waals surface area (Å²) in [7, 11) is 1.65. The predicted octanol–water partition coefficient (Wildman–Crippen LogP) is 4.26. The number of nitro groups is 1. The van der Waals surface area contributed by atoms with Crippen LogP contribution in [0.4, 0.5) is 5.69 Å². The first-order valence-electron chi connectivity index (χ1n) is 9.44. The molecule has 3 aromatic carbocycles. The van der Waals surface area contributed by atoms with Gasteiger partial charge in [0.1, 0.15) is 5.75 Å². The SMILES string of the molecule is COc1ccc(CN(Cc2ccc(CN)cc2)Cc2ccc([N+](=O)[O-])cc2)cc1. The molecule has 0 fully saturated rings. The van der Waals surface area contributed by atoms with Gasteiger partial charge in [0.25, 0.3) is 5.69 Å². The summed E-state index contributed by atoms with van der Waals surface area (Å²) in [6.07, 6.45) is 0. The Labute approximate surface area is 170 Å². The molecule has 0 radical (unpaired) electrons. The van der Waals surface area contributed by atoms with Crippen LogP contribution in [0.3, 0.4) is 0 Å². The Morgan fingerprint density at radius 1 is 0.793 bits per heavy atom. The number of nitrogens with two attached hydrogens (primary N) is 1. The van der Waals surface area contributed by atoms with Crippen molar-refractivity contribution >= 4 is 5.69 Å². The smallest absolute Gasteiger partial charge is 0.269 e. The average molecular weight is 391 g/mol. The number of hydrogen-bond donors (Lipinski definition) is 1. The van der Waals surface area contributed by atoms with Gasteiger partial charge in [0.05, 0.1) is 12.0 Å². The third-order valence-corrected chi connectivity index (χ3v) is 4.78. The number of nitro benzene ring substituents is 1. The second-order valence-electron chi connectivity index (χ2n) is 6.94. The van der Waals surface area contributed by atoms with Crippen molar-refractivity contribution in [3.63, 3.8) is 0 Å². The minimum atomic E-state index is -0.377. The van der Waals surface area contributed by atoms with Crippen LogP contribution in [0.15, 0.2) is 72.8 Å². The highest BCUT2D eigenvalue weighted by atomic mass is 16.6. The number of non-ortho nitro benzene ring substituents is 1. The molecule has 0 atom stereocenters. The summed E-state index contributed by atoms with van der Waals surface area (Å²) in [5.74, 6) is 0.827. The lowest BCUT2D eigenvalue weighted by atomic mass is 10.1. The highest BCUT2D eigenvalue weighted by Crippen LogP contribution is 2.19. The zero-order valence-electron chi connectivity index (χ0n) is 16.5. The van der Waals surface area contributed by atoms with Gasteiger partial charge in [-0.15, -0.1) is 0 Å². The van der Waals surface area contributed by atoms with Crippen LogP contribution in [0.1, 0.15) is 22.3 Å². The van der Waals surface area contributed by atoms with Crippen molar-refractivity contribution < 1.29 is 9.66 Å². The maximum atomic E-state index is 10.9. The Kier molecular flexibility index (Phi) is 6.94. The van der Waals surface area contributed by atoms with Gasteiger partial charge in [-0.05, 0) is 34.4 Å². The van der Waals surface area contributed by atoms with Crippen molar-refractivity contribution in [2.75, 3.05) is 7.11 Å². The Morgan fingerprint density at radius 3 is 1.62 bits per heavy atom. The quantitative estimate of drug-likeness (QED) is 0.435.